The monoisotopic (exact) mass is 305 g/mol. The summed E-state index contributed by atoms with van der Waals surface area (Å²) >= 11 is 4.95. The zero-order chi connectivity index (χ0) is 15.2. The molecule has 4 nitrogen and oxygen atoms in total. The highest BCUT2D eigenvalue weighted by molar-refractivity contribution is 7.80. The van der Waals surface area contributed by atoms with E-state index in [9.17, 15) is 4.79 Å². The molecule has 0 spiro atoms. The molecule has 1 aromatic rings. The van der Waals surface area contributed by atoms with Crippen molar-refractivity contribution in [3.8, 4) is 0 Å². The van der Waals surface area contributed by atoms with Crippen molar-refractivity contribution in [3.05, 3.63) is 29.8 Å². The van der Waals surface area contributed by atoms with Gasteiger partial charge in [0.05, 0.1) is 6.54 Å². The van der Waals surface area contributed by atoms with Crippen LogP contribution in [-0.4, -0.2) is 34.9 Å². The van der Waals surface area contributed by atoms with Crippen LogP contribution in [0, 0.1) is 0 Å². The van der Waals surface area contributed by atoms with Crippen molar-refractivity contribution in [2.24, 2.45) is 5.73 Å². The summed E-state index contributed by atoms with van der Waals surface area (Å²) in [5.41, 5.74) is 7.13. The van der Waals surface area contributed by atoms with Crippen molar-refractivity contribution in [3.63, 3.8) is 0 Å². The summed E-state index contributed by atoms with van der Waals surface area (Å²) in [6.45, 7) is 3.65. The molecule has 1 aliphatic rings. The predicted octanol–water partition coefficient (Wildman–Crippen LogP) is 2.52. The van der Waals surface area contributed by atoms with Crippen LogP contribution < -0.4 is 11.1 Å². The molecule has 1 aliphatic heterocycles. The molecule has 1 fully saturated rings. The van der Waals surface area contributed by atoms with Crippen LogP contribution in [0.15, 0.2) is 24.3 Å². The molecule has 1 amide bonds. The number of nitrogens with two attached hydrogens (primary N) is 1. The number of likely N-dealkylation sites (tertiary alicyclic amines) is 1. The van der Waals surface area contributed by atoms with E-state index in [1.807, 2.05) is 24.3 Å². The number of nitrogens with one attached hydrogen (secondary N) is 1. The molecule has 21 heavy (non-hydrogen) atoms. The largest absolute Gasteiger partial charge is 0.389 e. The van der Waals surface area contributed by atoms with E-state index >= 15 is 0 Å². The Balaban J connectivity index is 1.95. The first-order valence-electron chi connectivity index (χ1n) is 7.54. The number of anilines is 1. The zero-order valence-electron chi connectivity index (χ0n) is 12.5. The molecule has 1 heterocycles. The second-order valence-electron chi connectivity index (χ2n) is 5.52. The maximum Gasteiger partial charge on any atom is 0.238 e. The summed E-state index contributed by atoms with van der Waals surface area (Å²) < 4.78 is 0. The van der Waals surface area contributed by atoms with Crippen LogP contribution in [0.3, 0.4) is 0 Å². The highest BCUT2D eigenvalue weighted by atomic mass is 32.1. The second kappa shape index (κ2) is 7.52. The molecular formula is C16H23N3OS. The first-order valence-corrected chi connectivity index (χ1v) is 7.94. The lowest BCUT2D eigenvalue weighted by atomic mass is 10.00. The van der Waals surface area contributed by atoms with Gasteiger partial charge in [0.1, 0.15) is 4.99 Å². The van der Waals surface area contributed by atoms with Crippen LogP contribution in [0.5, 0.6) is 0 Å². The van der Waals surface area contributed by atoms with Crippen molar-refractivity contribution >= 4 is 28.8 Å². The maximum atomic E-state index is 12.2. The normalized spacial score (nSPS) is 19.2. The molecule has 1 saturated heterocycles. The second-order valence-corrected chi connectivity index (χ2v) is 5.96. The number of amides is 1. The number of piperidine rings is 1. The van der Waals surface area contributed by atoms with Crippen LogP contribution in [-0.2, 0) is 4.79 Å². The van der Waals surface area contributed by atoms with E-state index in [0.29, 0.717) is 17.6 Å². The Morgan fingerprint density at radius 2 is 2.29 bits per heavy atom. The molecule has 0 aliphatic carbocycles. The van der Waals surface area contributed by atoms with Gasteiger partial charge in [0.2, 0.25) is 5.91 Å². The van der Waals surface area contributed by atoms with Gasteiger partial charge in [-0.25, -0.2) is 0 Å². The van der Waals surface area contributed by atoms with Crippen LogP contribution in [0.2, 0.25) is 0 Å². The third-order valence-electron chi connectivity index (χ3n) is 4.00. The lowest BCUT2D eigenvalue weighted by molar-refractivity contribution is -0.118. The summed E-state index contributed by atoms with van der Waals surface area (Å²) in [4.78, 5) is 14.8. The van der Waals surface area contributed by atoms with Crippen LogP contribution in [0.4, 0.5) is 5.69 Å². The van der Waals surface area contributed by atoms with Crippen molar-refractivity contribution in [1.82, 2.24) is 4.90 Å². The number of rotatable bonds is 5. The van der Waals surface area contributed by atoms with Crippen molar-refractivity contribution in [1.29, 1.82) is 0 Å². The third-order valence-corrected chi connectivity index (χ3v) is 4.23. The fraction of sp³-hybridized carbons (Fsp3) is 0.500. The van der Waals surface area contributed by atoms with Gasteiger partial charge < -0.3 is 11.1 Å². The van der Waals surface area contributed by atoms with Gasteiger partial charge in [-0.3, -0.25) is 9.69 Å². The molecule has 1 atom stereocenters. The van der Waals surface area contributed by atoms with E-state index in [1.54, 1.807) is 0 Å². The van der Waals surface area contributed by atoms with Crippen molar-refractivity contribution < 1.29 is 4.79 Å². The highest BCUT2D eigenvalue weighted by Gasteiger charge is 2.22. The molecule has 0 aromatic heterocycles. The summed E-state index contributed by atoms with van der Waals surface area (Å²) in [5.74, 6) is 0.0236. The Morgan fingerprint density at radius 1 is 1.48 bits per heavy atom. The number of carbonyl (C=O) groups is 1. The van der Waals surface area contributed by atoms with Gasteiger partial charge >= 0.3 is 0 Å². The summed E-state index contributed by atoms with van der Waals surface area (Å²) in [5, 5.41) is 2.93. The number of thiocarbonyl (C=S) groups is 1. The smallest absolute Gasteiger partial charge is 0.238 e. The SMILES string of the molecule is CCC1CCCCN1CC(=O)Nc1cccc(C(N)=S)c1. The average Bonchev–Trinajstić information content (AvgIpc) is 2.48. The van der Waals surface area contributed by atoms with Gasteiger partial charge in [-0.2, -0.15) is 0 Å². The maximum absolute atomic E-state index is 12.2. The van der Waals surface area contributed by atoms with Crippen molar-refractivity contribution in [2.75, 3.05) is 18.4 Å². The number of benzene rings is 1. The fourth-order valence-corrected chi connectivity index (χ4v) is 2.99. The van der Waals surface area contributed by atoms with Gasteiger partial charge in [0.25, 0.3) is 0 Å². The topological polar surface area (TPSA) is 58.4 Å². The van der Waals surface area contributed by atoms with Crippen LogP contribution >= 0.6 is 12.2 Å². The molecule has 1 unspecified atom stereocenters. The minimum Gasteiger partial charge on any atom is -0.389 e. The summed E-state index contributed by atoms with van der Waals surface area (Å²) in [6.07, 6.45) is 4.75. The summed E-state index contributed by atoms with van der Waals surface area (Å²) in [7, 11) is 0. The Morgan fingerprint density at radius 3 is 3.00 bits per heavy atom. The minimum absolute atomic E-state index is 0.0236. The molecular weight excluding hydrogens is 282 g/mol. The Kier molecular flexibility index (Phi) is 5.70. The molecule has 0 saturated carbocycles. The van der Waals surface area contributed by atoms with E-state index in [-0.39, 0.29) is 5.91 Å². The fourth-order valence-electron chi connectivity index (χ4n) is 2.87. The van der Waals surface area contributed by atoms with Crippen LogP contribution in [0.1, 0.15) is 38.2 Å². The first-order chi connectivity index (χ1) is 10.1. The Hall–Kier alpha value is -1.46. The highest BCUT2D eigenvalue weighted by Crippen LogP contribution is 2.19. The van der Waals surface area contributed by atoms with Gasteiger partial charge in [-0.1, -0.05) is 37.7 Å². The lowest BCUT2D eigenvalue weighted by Gasteiger charge is -2.34. The first kappa shape index (κ1) is 15.9. The summed E-state index contributed by atoms with van der Waals surface area (Å²) in [6, 6.07) is 7.89. The molecule has 2 rings (SSSR count). The number of hydrogen-bond donors (Lipinski definition) is 2. The lowest BCUT2D eigenvalue weighted by Crippen LogP contribution is -2.43. The van der Waals surface area contributed by atoms with E-state index in [2.05, 4.69) is 17.1 Å². The Labute approximate surface area is 131 Å². The van der Waals surface area contributed by atoms with Gasteiger partial charge in [0, 0.05) is 17.3 Å². The number of hydrogen-bond acceptors (Lipinski definition) is 3. The van der Waals surface area contributed by atoms with Crippen LogP contribution in [0.25, 0.3) is 0 Å². The molecule has 5 heteroatoms. The number of nitrogens with zero attached hydrogens (tertiary/aromatic N) is 1. The molecule has 0 bridgehead atoms. The predicted molar refractivity (Wildman–Crippen MR) is 90.5 cm³/mol. The average molecular weight is 305 g/mol. The minimum atomic E-state index is 0.0236. The van der Waals surface area contributed by atoms with Gasteiger partial charge in [-0.15, -0.1) is 0 Å². The quantitative estimate of drug-likeness (QED) is 0.821. The molecule has 0 radical (unpaired) electrons. The standard InChI is InChI=1S/C16H23N3OS/c1-2-14-8-3-4-9-19(14)11-15(20)18-13-7-5-6-12(10-13)16(17)21/h5-7,10,14H,2-4,8-9,11H2,1H3,(H2,17,21)(H,18,20). The van der Waals surface area contributed by atoms with Gasteiger partial charge in [-0.05, 0) is 37.9 Å². The van der Waals surface area contributed by atoms with E-state index < -0.39 is 0 Å². The third kappa shape index (κ3) is 4.51. The van der Waals surface area contributed by atoms with Gasteiger partial charge in [0.15, 0.2) is 0 Å². The molecule has 114 valence electrons. The zero-order valence-corrected chi connectivity index (χ0v) is 13.3. The van der Waals surface area contributed by atoms with Crippen molar-refractivity contribution in [2.45, 2.75) is 38.6 Å². The Bertz CT molecular complexity index is 518. The van der Waals surface area contributed by atoms with E-state index in [4.69, 9.17) is 18.0 Å². The van der Waals surface area contributed by atoms with E-state index in [1.165, 1.54) is 19.3 Å². The number of carbonyl (C=O) groups excluding carboxylic acids is 1. The molecule has 1 aromatic carbocycles. The van der Waals surface area contributed by atoms with E-state index in [0.717, 1.165) is 24.2 Å². The molecule has 3 N–H and O–H groups in total.